The van der Waals surface area contributed by atoms with Gasteiger partial charge >= 0.3 is 5.97 Å². The zero-order chi connectivity index (χ0) is 15.4. The number of halogens is 2. The molecule has 0 aliphatic rings. The highest BCUT2D eigenvalue weighted by Gasteiger charge is 2.22. The standard InChI is InChI=1S/C15H11ClFNO3/c16-11-7-6-10(8-12(11)17)14(19)18-13(15(20)21)9-4-2-1-3-5-9/h1-8,13H,(H,18,19)(H,20,21). The largest absolute Gasteiger partial charge is 0.479 e. The minimum absolute atomic E-state index is 0.000851. The number of nitrogens with one attached hydrogen (secondary N) is 1. The summed E-state index contributed by atoms with van der Waals surface area (Å²) in [7, 11) is 0. The fourth-order valence-corrected chi connectivity index (χ4v) is 1.90. The van der Waals surface area contributed by atoms with Gasteiger partial charge in [-0.15, -0.1) is 0 Å². The number of hydrogen-bond acceptors (Lipinski definition) is 2. The summed E-state index contributed by atoms with van der Waals surface area (Å²) in [4.78, 5) is 23.3. The van der Waals surface area contributed by atoms with E-state index in [0.717, 1.165) is 6.07 Å². The third kappa shape index (κ3) is 3.58. The molecule has 0 saturated heterocycles. The summed E-state index contributed by atoms with van der Waals surface area (Å²) in [5, 5.41) is 11.5. The molecule has 0 fully saturated rings. The van der Waals surface area contributed by atoms with E-state index >= 15 is 0 Å². The van der Waals surface area contributed by atoms with Crippen LogP contribution in [0.25, 0.3) is 0 Å². The molecule has 0 aliphatic heterocycles. The molecule has 0 bridgehead atoms. The van der Waals surface area contributed by atoms with Crippen LogP contribution in [0.1, 0.15) is 22.0 Å². The number of amides is 1. The number of hydrogen-bond donors (Lipinski definition) is 2. The highest BCUT2D eigenvalue weighted by Crippen LogP contribution is 2.17. The molecule has 0 aliphatic carbocycles. The van der Waals surface area contributed by atoms with Crippen LogP contribution >= 0.6 is 11.6 Å². The summed E-state index contributed by atoms with van der Waals surface area (Å²) < 4.78 is 13.3. The molecule has 1 amide bonds. The SMILES string of the molecule is O=C(NC(C(=O)O)c1ccccc1)c1ccc(Cl)c(F)c1. The van der Waals surface area contributed by atoms with Crippen LogP contribution in [0.2, 0.25) is 5.02 Å². The molecule has 2 N–H and O–H groups in total. The highest BCUT2D eigenvalue weighted by molar-refractivity contribution is 6.30. The average molecular weight is 308 g/mol. The van der Waals surface area contributed by atoms with Crippen molar-refractivity contribution in [2.45, 2.75) is 6.04 Å². The van der Waals surface area contributed by atoms with Crippen molar-refractivity contribution in [2.24, 2.45) is 0 Å². The molecular formula is C15H11ClFNO3. The quantitative estimate of drug-likeness (QED) is 0.912. The zero-order valence-electron chi connectivity index (χ0n) is 10.7. The Morgan fingerprint density at radius 3 is 2.38 bits per heavy atom. The number of carbonyl (C=O) groups is 2. The van der Waals surface area contributed by atoms with E-state index in [0.29, 0.717) is 5.56 Å². The molecule has 1 unspecified atom stereocenters. The van der Waals surface area contributed by atoms with Gasteiger partial charge in [0.05, 0.1) is 5.02 Å². The van der Waals surface area contributed by atoms with E-state index in [-0.39, 0.29) is 10.6 Å². The van der Waals surface area contributed by atoms with Crippen LogP contribution in [0, 0.1) is 5.82 Å². The fraction of sp³-hybridized carbons (Fsp3) is 0.0667. The van der Waals surface area contributed by atoms with Crippen molar-refractivity contribution < 1.29 is 19.1 Å². The lowest BCUT2D eigenvalue weighted by Gasteiger charge is -2.15. The van der Waals surface area contributed by atoms with Gasteiger partial charge in [-0.1, -0.05) is 41.9 Å². The van der Waals surface area contributed by atoms with Crippen LogP contribution in [0.4, 0.5) is 4.39 Å². The topological polar surface area (TPSA) is 66.4 Å². The maximum atomic E-state index is 13.3. The molecule has 2 aromatic rings. The summed E-state index contributed by atoms with van der Waals surface area (Å²) in [6.07, 6.45) is 0. The van der Waals surface area contributed by atoms with Crippen LogP contribution in [-0.2, 0) is 4.79 Å². The highest BCUT2D eigenvalue weighted by atomic mass is 35.5. The number of rotatable bonds is 4. The molecule has 2 aromatic carbocycles. The lowest BCUT2D eigenvalue weighted by atomic mass is 10.1. The summed E-state index contributed by atoms with van der Waals surface area (Å²) in [6, 6.07) is 10.6. The first-order chi connectivity index (χ1) is 9.99. The summed E-state index contributed by atoms with van der Waals surface area (Å²) >= 11 is 5.54. The lowest BCUT2D eigenvalue weighted by molar-refractivity contribution is -0.139. The third-order valence-electron chi connectivity index (χ3n) is 2.84. The first-order valence-corrected chi connectivity index (χ1v) is 6.40. The third-order valence-corrected chi connectivity index (χ3v) is 3.14. The first-order valence-electron chi connectivity index (χ1n) is 6.02. The predicted molar refractivity (Wildman–Crippen MR) is 75.7 cm³/mol. The molecule has 0 aromatic heterocycles. The van der Waals surface area contributed by atoms with Crippen LogP contribution in [0.3, 0.4) is 0 Å². The van der Waals surface area contributed by atoms with Crippen molar-refractivity contribution in [1.29, 1.82) is 0 Å². The van der Waals surface area contributed by atoms with Gasteiger partial charge in [0.1, 0.15) is 5.82 Å². The molecule has 1 atom stereocenters. The Morgan fingerprint density at radius 2 is 1.81 bits per heavy atom. The molecule has 0 heterocycles. The van der Waals surface area contributed by atoms with Gasteiger partial charge in [0.15, 0.2) is 6.04 Å². The Labute approximate surface area is 125 Å². The fourth-order valence-electron chi connectivity index (χ4n) is 1.78. The second kappa shape index (κ2) is 6.37. The van der Waals surface area contributed by atoms with Crippen molar-refractivity contribution in [3.05, 3.63) is 70.5 Å². The molecule has 108 valence electrons. The van der Waals surface area contributed by atoms with E-state index in [2.05, 4.69) is 5.32 Å². The minimum Gasteiger partial charge on any atom is -0.479 e. The van der Waals surface area contributed by atoms with Gasteiger partial charge in [-0.2, -0.15) is 0 Å². The molecular weight excluding hydrogens is 297 g/mol. The normalized spacial score (nSPS) is 11.7. The maximum absolute atomic E-state index is 13.3. The van der Waals surface area contributed by atoms with Gasteiger partial charge in [0.25, 0.3) is 5.91 Å². The first kappa shape index (κ1) is 15.0. The predicted octanol–water partition coefficient (Wildman–Crippen LogP) is 3.03. The van der Waals surface area contributed by atoms with E-state index in [1.807, 2.05) is 0 Å². The van der Waals surface area contributed by atoms with Crippen LogP contribution in [0.5, 0.6) is 0 Å². The Bertz CT molecular complexity index is 676. The van der Waals surface area contributed by atoms with Crippen LogP contribution in [-0.4, -0.2) is 17.0 Å². The maximum Gasteiger partial charge on any atom is 0.330 e. The molecule has 2 rings (SSSR count). The molecule has 4 nitrogen and oxygen atoms in total. The van der Waals surface area contributed by atoms with E-state index in [1.54, 1.807) is 30.3 Å². The smallest absolute Gasteiger partial charge is 0.330 e. The van der Waals surface area contributed by atoms with Crippen LogP contribution in [0.15, 0.2) is 48.5 Å². The molecule has 6 heteroatoms. The number of carbonyl (C=O) groups excluding carboxylic acids is 1. The second-order valence-electron chi connectivity index (χ2n) is 4.28. The lowest BCUT2D eigenvalue weighted by Crippen LogP contribution is -2.33. The molecule has 0 radical (unpaired) electrons. The van der Waals surface area contributed by atoms with E-state index < -0.39 is 23.7 Å². The number of carboxylic acid groups (broad SMARTS) is 1. The van der Waals surface area contributed by atoms with Crippen molar-refractivity contribution in [2.75, 3.05) is 0 Å². The van der Waals surface area contributed by atoms with Gasteiger partial charge in [-0.25, -0.2) is 9.18 Å². The van der Waals surface area contributed by atoms with Crippen LogP contribution < -0.4 is 5.32 Å². The number of carboxylic acids is 1. The Kier molecular flexibility index (Phi) is 4.55. The molecule has 0 spiro atoms. The molecule has 21 heavy (non-hydrogen) atoms. The van der Waals surface area contributed by atoms with E-state index in [9.17, 15) is 19.1 Å². The van der Waals surface area contributed by atoms with Gasteiger partial charge in [0.2, 0.25) is 0 Å². The van der Waals surface area contributed by atoms with Gasteiger partial charge in [-0.05, 0) is 23.8 Å². The van der Waals surface area contributed by atoms with Crippen molar-refractivity contribution in [3.63, 3.8) is 0 Å². The minimum atomic E-state index is -1.21. The van der Waals surface area contributed by atoms with Gasteiger partial charge in [0, 0.05) is 5.56 Å². The van der Waals surface area contributed by atoms with E-state index in [1.165, 1.54) is 12.1 Å². The van der Waals surface area contributed by atoms with Crippen molar-refractivity contribution in [3.8, 4) is 0 Å². The van der Waals surface area contributed by atoms with Crippen molar-refractivity contribution >= 4 is 23.5 Å². The van der Waals surface area contributed by atoms with Gasteiger partial charge < -0.3 is 10.4 Å². The summed E-state index contributed by atoms with van der Waals surface area (Å²) in [5.41, 5.74) is 0.423. The Hall–Kier alpha value is -2.40. The molecule has 0 saturated carbocycles. The monoisotopic (exact) mass is 307 g/mol. The van der Waals surface area contributed by atoms with Gasteiger partial charge in [-0.3, -0.25) is 4.79 Å². The zero-order valence-corrected chi connectivity index (χ0v) is 11.5. The summed E-state index contributed by atoms with van der Waals surface area (Å²) in [5.74, 6) is -2.64. The number of aliphatic carboxylic acids is 1. The average Bonchev–Trinajstić information content (AvgIpc) is 2.48. The van der Waals surface area contributed by atoms with E-state index in [4.69, 9.17) is 11.6 Å². The van der Waals surface area contributed by atoms with Crippen molar-refractivity contribution in [1.82, 2.24) is 5.32 Å². The second-order valence-corrected chi connectivity index (χ2v) is 4.69. The summed E-state index contributed by atoms with van der Waals surface area (Å²) in [6.45, 7) is 0. The number of benzene rings is 2. The Morgan fingerprint density at radius 1 is 1.14 bits per heavy atom. The Balaban J connectivity index is 2.23.